The number of nitrogens with zero attached hydrogens (tertiary/aromatic N) is 3. The number of aromatic nitrogens is 1. The third kappa shape index (κ3) is 4.90. The first kappa shape index (κ1) is 22.0. The Balaban J connectivity index is 1.66. The third-order valence-corrected chi connectivity index (χ3v) is 6.23. The Morgan fingerprint density at radius 2 is 1.83 bits per heavy atom. The van der Waals surface area contributed by atoms with Gasteiger partial charge in [0.25, 0.3) is 5.91 Å². The van der Waals surface area contributed by atoms with E-state index >= 15 is 0 Å². The molecule has 0 radical (unpaired) electrons. The fourth-order valence-electron chi connectivity index (χ4n) is 3.13. The molecule has 7 nitrogen and oxygen atoms in total. The van der Waals surface area contributed by atoms with Gasteiger partial charge < -0.3 is 9.80 Å². The number of carbonyl (C=O) groups is 1. The summed E-state index contributed by atoms with van der Waals surface area (Å²) in [6.07, 6.45) is -3.64. The highest BCUT2D eigenvalue weighted by Crippen LogP contribution is 2.29. The first-order valence-electron chi connectivity index (χ1n) is 9.29. The minimum atomic E-state index is -4.44. The standard InChI is InChI=1S/C19H21F3N4O3S/c1-2-24-30(28,29)16-5-3-4-14(12-16)18(27)26-10-8-25(9-11-26)17-7-6-15(13-23-17)19(20,21)22/h3-7,12-13,24H,2,8-11H2,1H3. The molecular formula is C19H21F3N4O3S. The monoisotopic (exact) mass is 442 g/mol. The minimum Gasteiger partial charge on any atom is -0.353 e. The molecule has 1 fully saturated rings. The number of rotatable bonds is 5. The smallest absolute Gasteiger partial charge is 0.353 e. The van der Waals surface area contributed by atoms with Gasteiger partial charge in [-0.2, -0.15) is 13.2 Å². The van der Waals surface area contributed by atoms with Crippen molar-refractivity contribution in [3.05, 3.63) is 53.7 Å². The van der Waals surface area contributed by atoms with Crippen LogP contribution in [-0.2, 0) is 16.2 Å². The summed E-state index contributed by atoms with van der Waals surface area (Å²) in [4.78, 5) is 20.1. The molecule has 1 amide bonds. The summed E-state index contributed by atoms with van der Waals surface area (Å²) in [7, 11) is -3.67. The van der Waals surface area contributed by atoms with E-state index in [1.807, 2.05) is 0 Å². The molecule has 0 unspecified atom stereocenters. The number of halogens is 3. The lowest BCUT2D eigenvalue weighted by Gasteiger charge is -2.35. The summed E-state index contributed by atoms with van der Waals surface area (Å²) in [5.74, 6) is 0.109. The summed E-state index contributed by atoms with van der Waals surface area (Å²) in [6.45, 7) is 3.38. The van der Waals surface area contributed by atoms with Crippen molar-refractivity contribution >= 4 is 21.7 Å². The fraction of sp³-hybridized carbons (Fsp3) is 0.368. The molecular weight excluding hydrogens is 421 g/mol. The van der Waals surface area contributed by atoms with Gasteiger partial charge in [-0.05, 0) is 30.3 Å². The maximum absolute atomic E-state index is 12.8. The van der Waals surface area contributed by atoms with Crippen LogP contribution in [0.4, 0.5) is 19.0 Å². The van der Waals surface area contributed by atoms with Gasteiger partial charge in [-0.15, -0.1) is 0 Å². The first-order chi connectivity index (χ1) is 14.1. The van der Waals surface area contributed by atoms with Crippen molar-refractivity contribution in [2.45, 2.75) is 18.0 Å². The minimum absolute atomic E-state index is 0.0165. The number of piperazine rings is 1. The second-order valence-electron chi connectivity index (χ2n) is 6.71. The van der Waals surface area contributed by atoms with Crippen LogP contribution in [0.5, 0.6) is 0 Å². The van der Waals surface area contributed by atoms with E-state index in [4.69, 9.17) is 0 Å². The van der Waals surface area contributed by atoms with E-state index in [9.17, 15) is 26.4 Å². The first-order valence-corrected chi connectivity index (χ1v) is 10.8. The van der Waals surface area contributed by atoms with E-state index in [-0.39, 0.29) is 22.9 Å². The van der Waals surface area contributed by atoms with E-state index in [2.05, 4.69) is 9.71 Å². The highest BCUT2D eigenvalue weighted by Gasteiger charge is 2.31. The number of hydrogen-bond donors (Lipinski definition) is 1. The summed E-state index contributed by atoms with van der Waals surface area (Å²) >= 11 is 0. The largest absolute Gasteiger partial charge is 0.417 e. The summed E-state index contributed by atoms with van der Waals surface area (Å²) in [6, 6.07) is 8.12. The van der Waals surface area contributed by atoms with Crippen LogP contribution >= 0.6 is 0 Å². The van der Waals surface area contributed by atoms with Crippen LogP contribution in [0.15, 0.2) is 47.5 Å². The molecule has 0 atom stereocenters. The van der Waals surface area contributed by atoms with E-state index < -0.39 is 21.8 Å². The molecule has 1 aliphatic rings. The van der Waals surface area contributed by atoms with Gasteiger partial charge in [0.2, 0.25) is 10.0 Å². The molecule has 1 aromatic heterocycles. The number of anilines is 1. The molecule has 30 heavy (non-hydrogen) atoms. The molecule has 0 bridgehead atoms. The van der Waals surface area contributed by atoms with Gasteiger partial charge >= 0.3 is 6.18 Å². The Bertz CT molecular complexity index is 1000. The molecule has 1 aliphatic heterocycles. The van der Waals surface area contributed by atoms with Gasteiger partial charge in [0.15, 0.2) is 0 Å². The van der Waals surface area contributed by atoms with Crippen LogP contribution in [0.25, 0.3) is 0 Å². The summed E-state index contributed by atoms with van der Waals surface area (Å²) in [5, 5.41) is 0. The zero-order chi connectivity index (χ0) is 21.9. The Kier molecular flexibility index (Phi) is 6.32. The Labute approximate surface area is 172 Å². The van der Waals surface area contributed by atoms with Gasteiger partial charge in [-0.1, -0.05) is 13.0 Å². The van der Waals surface area contributed by atoms with Crippen molar-refractivity contribution in [1.29, 1.82) is 0 Å². The molecule has 1 N–H and O–H groups in total. The number of alkyl halides is 3. The van der Waals surface area contributed by atoms with Crippen molar-refractivity contribution in [2.24, 2.45) is 0 Å². The second kappa shape index (κ2) is 8.60. The molecule has 162 valence electrons. The maximum Gasteiger partial charge on any atom is 0.417 e. The molecule has 1 saturated heterocycles. The second-order valence-corrected chi connectivity index (χ2v) is 8.48. The molecule has 3 rings (SSSR count). The van der Waals surface area contributed by atoms with Crippen molar-refractivity contribution in [3.63, 3.8) is 0 Å². The van der Waals surface area contributed by atoms with Crippen molar-refractivity contribution in [2.75, 3.05) is 37.6 Å². The predicted octanol–water partition coefficient (Wildman–Crippen LogP) is 2.36. The molecule has 11 heteroatoms. The number of benzene rings is 1. The normalized spacial score (nSPS) is 15.3. The van der Waals surface area contributed by atoms with Crippen molar-refractivity contribution in [3.8, 4) is 0 Å². The van der Waals surface area contributed by atoms with Gasteiger partial charge in [-0.3, -0.25) is 4.79 Å². The summed E-state index contributed by atoms with van der Waals surface area (Å²) in [5.41, 5.74) is -0.553. The number of nitrogens with one attached hydrogen (secondary N) is 1. The van der Waals surface area contributed by atoms with Crippen molar-refractivity contribution < 1.29 is 26.4 Å². The number of hydrogen-bond acceptors (Lipinski definition) is 5. The Morgan fingerprint density at radius 1 is 1.13 bits per heavy atom. The quantitative estimate of drug-likeness (QED) is 0.769. The van der Waals surface area contributed by atoms with Crippen LogP contribution in [0, 0.1) is 0 Å². The highest BCUT2D eigenvalue weighted by molar-refractivity contribution is 7.89. The Hall–Kier alpha value is -2.66. The lowest BCUT2D eigenvalue weighted by Crippen LogP contribution is -2.49. The SMILES string of the molecule is CCNS(=O)(=O)c1cccc(C(=O)N2CCN(c3ccc(C(F)(F)F)cn3)CC2)c1. The zero-order valence-corrected chi connectivity index (χ0v) is 17.0. The van der Waals surface area contributed by atoms with Crippen LogP contribution in [0.1, 0.15) is 22.8 Å². The lowest BCUT2D eigenvalue weighted by atomic mass is 10.2. The predicted molar refractivity (Wildman–Crippen MR) is 105 cm³/mol. The number of carbonyl (C=O) groups excluding carboxylic acids is 1. The maximum atomic E-state index is 12.8. The highest BCUT2D eigenvalue weighted by atomic mass is 32.2. The average Bonchev–Trinajstić information content (AvgIpc) is 2.73. The van der Waals surface area contributed by atoms with Crippen LogP contribution in [0.2, 0.25) is 0 Å². The van der Waals surface area contributed by atoms with E-state index in [1.165, 1.54) is 24.3 Å². The average molecular weight is 442 g/mol. The van der Waals surface area contributed by atoms with E-state index in [1.54, 1.807) is 22.8 Å². The number of amides is 1. The van der Waals surface area contributed by atoms with Gasteiger partial charge in [0, 0.05) is 44.5 Å². The molecule has 2 heterocycles. The van der Waals surface area contributed by atoms with Crippen molar-refractivity contribution in [1.82, 2.24) is 14.6 Å². The zero-order valence-electron chi connectivity index (χ0n) is 16.2. The Morgan fingerprint density at radius 3 is 2.40 bits per heavy atom. The topological polar surface area (TPSA) is 82.6 Å². The van der Waals surface area contributed by atoms with Crippen LogP contribution < -0.4 is 9.62 Å². The number of sulfonamides is 1. The van der Waals surface area contributed by atoms with Gasteiger partial charge in [-0.25, -0.2) is 18.1 Å². The number of pyridine rings is 1. The molecule has 0 saturated carbocycles. The van der Waals surface area contributed by atoms with Crippen LogP contribution in [0.3, 0.4) is 0 Å². The summed E-state index contributed by atoms with van der Waals surface area (Å²) < 4.78 is 64.7. The van der Waals surface area contributed by atoms with Gasteiger partial charge in [0.1, 0.15) is 5.82 Å². The fourth-order valence-corrected chi connectivity index (χ4v) is 4.22. The molecule has 1 aromatic carbocycles. The molecule has 2 aromatic rings. The van der Waals surface area contributed by atoms with E-state index in [0.29, 0.717) is 32.0 Å². The van der Waals surface area contributed by atoms with Gasteiger partial charge in [0.05, 0.1) is 10.5 Å². The lowest BCUT2D eigenvalue weighted by molar-refractivity contribution is -0.137. The molecule has 0 spiro atoms. The third-order valence-electron chi connectivity index (χ3n) is 4.69. The van der Waals surface area contributed by atoms with E-state index in [0.717, 1.165) is 12.3 Å². The van der Waals surface area contributed by atoms with Crippen LogP contribution in [-0.4, -0.2) is 56.9 Å². The molecule has 0 aliphatic carbocycles.